The Labute approximate surface area is 128 Å². The van der Waals surface area contributed by atoms with Crippen molar-refractivity contribution in [3.05, 3.63) is 29.8 Å². The number of rotatable bonds is 6. The molecule has 1 aromatic rings. The van der Waals surface area contributed by atoms with Crippen molar-refractivity contribution < 1.29 is 4.74 Å². The first-order chi connectivity index (χ1) is 10.0. The molecule has 0 bridgehead atoms. The van der Waals surface area contributed by atoms with Gasteiger partial charge < -0.3 is 9.64 Å². The molecule has 4 nitrogen and oxygen atoms in total. The zero-order valence-electron chi connectivity index (χ0n) is 13.7. The average Bonchev–Trinajstić information content (AvgIpc) is 2.51. The number of hydrazine groups is 1. The Morgan fingerprint density at radius 2 is 2.14 bits per heavy atom. The molecule has 0 fully saturated rings. The molecule has 3 atom stereocenters. The third-order valence-electron chi connectivity index (χ3n) is 5.29. The first-order valence-electron chi connectivity index (χ1n) is 7.88. The van der Waals surface area contributed by atoms with Gasteiger partial charge in [-0.2, -0.15) is 0 Å². The summed E-state index contributed by atoms with van der Waals surface area (Å²) in [4.78, 5) is 2.28. The van der Waals surface area contributed by atoms with Gasteiger partial charge >= 0.3 is 0 Å². The highest BCUT2D eigenvalue weighted by Gasteiger charge is 2.36. The fourth-order valence-corrected chi connectivity index (χ4v) is 3.32. The van der Waals surface area contributed by atoms with Gasteiger partial charge in [-0.3, -0.25) is 11.3 Å². The highest BCUT2D eigenvalue weighted by atomic mass is 16.5. The molecule has 0 amide bonds. The molecule has 2 rings (SSSR count). The van der Waals surface area contributed by atoms with E-state index in [1.807, 2.05) is 6.07 Å². The van der Waals surface area contributed by atoms with E-state index in [0.717, 1.165) is 31.6 Å². The van der Waals surface area contributed by atoms with Crippen LogP contribution in [0, 0.1) is 0 Å². The lowest BCUT2D eigenvalue weighted by atomic mass is 9.79. The lowest BCUT2D eigenvalue weighted by Gasteiger charge is -2.44. The summed E-state index contributed by atoms with van der Waals surface area (Å²) in [5.74, 6) is 7.44. The Kier molecular flexibility index (Phi) is 5.25. The maximum atomic E-state index is 5.90. The van der Waals surface area contributed by atoms with Gasteiger partial charge in [-0.25, -0.2) is 0 Å². The summed E-state index contributed by atoms with van der Waals surface area (Å²) in [6.45, 7) is 5.30. The number of para-hydroxylation sites is 1. The molecule has 118 valence electrons. The number of nitrogens with zero attached hydrogens (tertiary/aromatic N) is 1. The molecule has 0 spiro atoms. The summed E-state index contributed by atoms with van der Waals surface area (Å²) in [5.41, 5.74) is 4.43. The molecule has 1 aromatic carbocycles. The third kappa shape index (κ3) is 3.23. The van der Waals surface area contributed by atoms with Gasteiger partial charge in [0.25, 0.3) is 0 Å². The summed E-state index contributed by atoms with van der Waals surface area (Å²) in [5, 5.41) is 0. The second kappa shape index (κ2) is 6.77. The molecule has 0 saturated heterocycles. The van der Waals surface area contributed by atoms with Gasteiger partial charge in [0.05, 0.1) is 6.61 Å². The van der Waals surface area contributed by atoms with Gasteiger partial charge in [0.1, 0.15) is 5.75 Å². The molecule has 3 unspecified atom stereocenters. The Morgan fingerprint density at radius 3 is 2.76 bits per heavy atom. The molecule has 0 aliphatic carbocycles. The zero-order valence-corrected chi connectivity index (χ0v) is 13.7. The number of fused-ring (bicyclic) bond motifs is 1. The van der Waals surface area contributed by atoms with Crippen LogP contribution in [0.25, 0.3) is 0 Å². The molecular formula is C17H29N3O. The second-order valence-electron chi connectivity index (χ2n) is 6.43. The maximum absolute atomic E-state index is 5.90. The number of hydrogen-bond acceptors (Lipinski definition) is 4. The van der Waals surface area contributed by atoms with E-state index in [9.17, 15) is 0 Å². The number of nitrogens with one attached hydrogen (secondary N) is 1. The van der Waals surface area contributed by atoms with E-state index in [0.29, 0.717) is 5.92 Å². The van der Waals surface area contributed by atoms with Crippen LogP contribution in [0.15, 0.2) is 24.3 Å². The topological polar surface area (TPSA) is 50.5 Å². The zero-order chi connectivity index (χ0) is 15.5. The van der Waals surface area contributed by atoms with Gasteiger partial charge in [-0.1, -0.05) is 25.1 Å². The minimum atomic E-state index is 0.0436. The van der Waals surface area contributed by atoms with Crippen LogP contribution in [0.5, 0.6) is 5.75 Å². The van der Waals surface area contributed by atoms with Gasteiger partial charge in [-0.05, 0) is 57.8 Å². The van der Waals surface area contributed by atoms with Crippen LogP contribution in [-0.4, -0.2) is 37.2 Å². The lowest BCUT2D eigenvalue weighted by molar-refractivity contribution is 0.100. The van der Waals surface area contributed by atoms with Gasteiger partial charge in [-0.15, -0.1) is 0 Å². The molecular weight excluding hydrogens is 262 g/mol. The first kappa shape index (κ1) is 16.3. The van der Waals surface area contributed by atoms with Crippen LogP contribution in [0.1, 0.15) is 44.6 Å². The van der Waals surface area contributed by atoms with Crippen molar-refractivity contribution in [2.75, 3.05) is 20.7 Å². The molecule has 1 aliphatic heterocycles. The van der Waals surface area contributed by atoms with Gasteiger partial charge in [0.2, 0.25) is 0 Å². The van der Waals surface area contributed by atoms with E-state index in [-0.39, 0.29) is 11.6 Å². The number of benzene rings is 1. The SMILES string of the molecule is CCC(C)(C(CC1CCOc2ccccc21)NN)N(C)C. The van der Waals surface area contributed by atoms with Gasteiger partial charge in [0.15, 0.2) is 0 Å². The summed E-state index contributed by atoms with van der Waals surface area (Å²) < 4.78 is 5.77. The number of nitrogens with two attached hydrogens (primary N) is 1. The minimum Gasteiger partial charge on any atom is -0.493 e. The smallest absolute Gasteiger partial charge is 0.122 e. The highest BCUT2D eigenvalue weighted by Crippen LogP contribution is 2.38. The first-order valence-corrected chi connectivity index (χ1v) is 7.88. The average molecular weight is 291 g/mol. The van der Waals surface area contributed by atoms with Crippen molar-refractivity contribution in [1.29, 1.82) is 0 Å². The quantitative estimate of drug-likeness (QED) is 0.624. The monoisotopic (exact) mass is 291 g/mol. The molecule has 0 radical (unpaired) electrons. The molecule has 1 heterocycles. The number of likely N-dealkylation sites (N-methyl/N-ethyl adjacent to an activating group) is 1. The fraction of sp³-hybridized carbons (Fsp3) is 0.647. The Bertz CT molecular complexity index is 463. The molecule has 3 N–H and O–H groups in total. The van der Waals surface area contributed by atoms with E-state index in [2.05, 4.69) is 56.5 Å². The number of hydrogen-bond donors (Lipinski definition) is 2. The van der Waals surface area contributed by atoms with Crippen molar-refractivity contribution in [1.82, 2.24) is 10.3 Å². The Balaban J connectivity index is 2.20. The predicted molar refractivity (Wildman–Crippen MR) is 87.4 cm³/mol. The molecule has 1 aliphatic rings. The largest absolute Gasteiger partial charge is 0.493 e. The van der Waals surface area contributed by atoms with Crippen molar-refractivity contribution in [3.8, 4) is 5.75 Å². The summed E-state index contributed by atoms with van der Waals surface area (Å²) in [7, 11) is 4.26. The second-order valence-corrected chi connectivity index (χ2v) is 6.43. The van der Waals surface area contributed by atoms with Crippen molar-refractivity contribution in [3.63, 3.8) is 0 Å². The van der Waals surface area contributed by atoms with Crippen LogP contribution in [0.2, 0.25) is 0 Å². The summed E-state index contributed by atoms with van der Waals surface area (Å²) in [6, 6.07) is 8.63. The maximum Gasteiger partial charge on any atom is 0.122 e. The van der Waals surface area contributed by atoms with Crippen molar-refractivity contribution in [2.45, 2.75) is 50.6 Å². The van der Waals surface area contributed by atoms with E-state index in [1.54, 1.807) is 0 Å². The molecule has 21 heavy (non-hydrogen) atoms. The molecule has 4 heteroatoms. The Morgan fingerprint density at radius 1 is 1.43 bits per heavy atom. The standard InChI is InChI=1S/C17H29N3O/c1-5-17(2,20(3)4)16(19-18)12-13-10-11-21-15-9-7-6-8-14(13)15/h6-9,13,16,19H,5,10-12,18H2,1-4H3. The lowest BCUT2D eigenvalue weighted by Crippen LogP contribution is -2.59. The molecule has 0 aromatic heterocycles. The normalized spacial score (nSPS) is 22.3. The minimum absolute atomic E-state index is 0.0436. The van der Waals surface area contributed by atoms with Crippen LogP contribution < -0.4 is 16.0 Å². The summed E-state index contributed by atoms with van der Waals surface area (Å²) in [6.07, 6.45) is 3.14. The summed E-state index contributed by atoms with van der Waals surface area (Å²) >= 11 is 0. The predicted octanol–water partition coefficient (Wildman–Crippen LogP) is 2.51. The van der Waals surface area contributed by atoms with Crippen LogP contribution >= 0.6 is 0 Å². The fourth-order valence-electron chi connectivity index (χ4n) is 3.32. The van der Waals surface area contributed by atoms with Crippen LogP contribution in [0.3, 0.4) is 0 Å². The van der Waals surface area contributed by atoms with Crippen molar-refractivity contribution in [2.24, 2.45) is 5.84 Å². The third-order valence-corrected chi connectivity index (χ3v) is 5.29. The van der Waals surface area contributed by atoms with E-state index < -0.39 is 0 Å². The van der Waals surface area contributed by atoms with Gasteiger partial charge in [0, 0.05) is 11.6 Å². The number of ether oxygens (including phenoxy) is 1. The van der Waals surface area contributed by atoms with Crippen LogP contribution in [-0.2, 0) is 0 Å². The molecule has 0 saturated carbocycles. The van der Waals surface area contributed by atoms with Crippen molar-refractivity contribution >= 4 is 0 Å². The van der Waals surface area contributed by atoms with E-state index >= 15 is 0 Å². The van der Waals surface area contributed by atoms with E-state index in [4.69, 9.17) is 10.6 Å². The Hall–Kier alpha value is -1.10. The highest BCUT2D eigenvalue weighted by molar-refractivity contribution is 5.37. The van der Waals surface area contributed by atoms with E-state index in [1.165, 1.54) is 5.56 Å². The van der Waals surface area contributed by atoms with Crippen LogP contribution in [0.4, 0.5) is 0 Å².